The van der Waals surface area contributed by atoms with E-state index in [0.29, 0.717) is 29.6 Å². The maximum absolute atomic E-state index is 11.9. The Morgan fingerprint density at radius 2 is 2.08 bits per heavy atom. The number of rotatable bonds is 8. The summed E-state index contributed by atoms with van der Waals surface area (Å²) in [6.07, 6.45) is 1.12. The Morgan fingerprint density at radius 1 is 1.19 bits per heavy atom. The van der Waals surface area contributed by atoms with Crippen molar-refractivity contribution in [1.82, 2.24) is 15.5 Å². The van der Waals surface area contributed by atoms with Gasteiger partial charge < -0.3 is 9.84 Å². The second-order valence-corrected chi connectivity index (χ2v) is 6.94. The number of amides is 1. The van der Waals surface area contributed by atoms with Crippen molar-refractivity contribution < 1.29 is 14.1 Å². The molecule has 0 radical (unpaired) electrons. The zero-order valence-electron chi connectivity index (χ0n) is 13.8. The van der Waals surface area contributed by atoms with Crippen LogP contribution in [0.1, 0.15) is 34.8 Å². The second kappa shape index (κ2) is 8.73. The van der Waals surface area contributed by atoms with Gasteiger partial charge >= 0.3 is 0 Å². The van der Waals surface area contributed by atoms with Crippen LogP contribution in [0.2, 0.25) is 5.02 Å². The van der Waals surface area contributed by atoms with E-state index in [1.807, 2.05) is 17.5 Å². The molecule has 2 heterocycles. The number of nitrogens with one attached hydrogen (secondary N) is 1. The number of Topliss-reactive ketones (excluding diaryl/α,β-unsaturated/α-hetero) is 1. The number of hydrogen-bond acceptors (Lipinski definition) is 6. The largest absolute Gasteiger partial charge is 0.347 e. The number of ketones is 1. The smallest absolute Gasteiger partial charge is 0.246 e. The van der Waals surface area contributed by atoms with Crippen molar-refractivity contribution >= 4 is 34.6 Å². The van der Waals surface area contributed by atoms with E-state index in [2.05, 4.69) is 15.5 Å². The lowest BCUT2D eigenvalue weighted by Crippen LogP contribution is -2.22. The lowest BCUT2D eigenvalue weighted by molar-refractivity contribution is -0.121. The lowest BCUT2D eigenvalue weighted by atomic mass is 10.1. The third-order valence-electron chi connectivity index (χ3n) is 3.59. The maximum atomic E-state index is 11.9. The van der Waals surface area contributed by atoms with Crippen molar-refractivity contribution in [1.29, 1.82) is 0 Å². The average molecular weight is 390 g/mol. The van der Waals surface area contributed by atoms with Gasteiger partial charge in [0.2, 0.25) is 17.6 Å². The second-order valence-electron chi connectivity index (χ2n) is 5.55. The van der Waals surface area contributed by atoms with Crippen molar-refractivity contribution in [3.05, 3.63) is 57.6 Å². The van der Waals surface area contributed by atoms with Crippen LogP contribution >= 0.6 is 22.9 Å². The molecule has 2 aromatic heterocycles. The Bertz CT molecular complexity index is 893. The molecule has 134 valence electrons. The first kappa shape index (κ1) is 18.3. The van der Waals surface area contributed by atoms with E-state index >= 15 is 0 Å². The minimum atomic E-state index is -0.161. The van der Waals surface area contributed by atoms with E-state index in [-0.39, 0.29) is 24.7 Å². The molecular formula is C18H16ClN3O3S. The van der Waals surface area contributed by atoms with Gasteiger partial charge in [0.05, 0.1) is 11.4 Å². The number of carbonyl (C=O) groups is 2. The van der Waals surface area contributed by atoms with Gasteiger partial charge in [-0.3, -0.25) is 9.59 Å². The Kier molecular flexibility index (Phi) is 6.14. The molecule has 0 atom stereocenters. The Morgan fingerprint density at radius 3 is 2.85 bits per heavy atom. The molecule has 0 bridgehead atoms. The van der Waals surface area contributed by atoms with E-state index < -0.39 is 0 Å². The molecule has 0 spiro atoms. The molecule has 0 aliphatic rings. The van der Waals surface area contributed by atoms with E-state index in [0.717, 1.165) is 10.4 Å². The van der Waals surface area contributed by atoms with Gasteiger partial charge in [-0.2, -0.15) is 4.98 Å². The molecular weight excluding hydrogens is 374 g/mol. The molecule has 0 unspecified atom stereocenters. The van der Waals surface area contributed by atoms with E-state index in [9.17, 15) is 9.59 Å². The molecule has 0 aliphatic carbocycles. The quantitative estimate of drug-likeness (QED) is 0.585. The molecule has 1 amide bonds. The summed E-state index contributed by atoms with van der Waals surface area (Å²) in [6, 6.07) is 10.7. The SMILES string of the molecule is O=C(CCCC(=O)c1cccs1)NCc1nc(-c2cccc(Cl)c2)no1. The highest BCUT2D eigenvalue weighted by molar-refractivity contribution is 7.12. The van der Waals surface area contributed by atoms with Crippen LogP contribution in [0.3, 0.4) is 0 Å². The molecule has 6 nitrogen and oxygen atoms in total. The van der Waals surface area contributed by atoms with Crippen molar-refractivity contribution in [3.8, 4) is 11.4 Å². The highest BCUT2D eigenvalue weighted by atomic mass is 35.5. The van der Waals surface area contributed by atoms with Crippen LogP contribution < -0.4 is 5.32 Å². The van der Waals surface area contributed by atoms with Crippen LogP contribution in [0, 0.1) is 0 Å². The number of aromatic nitrogens is 2. The predicted molar refractivity (Wildman–Crippen MR) is 99.1 cm³/mol. The van der Waals surface area contributed by atoms with Gasteiger partial charge in [0.15, 0.2) is 5.78 Å². The fourth-order valence-corrected chi connectivity index (χ4v) is 3.19. The van der Waals surface area contributed by atoms with Crippen molar-refractivity contribution in [2.75, 3.05) is 0 Å². The number of halogens is 1. The molecule has 1 N–H and O–H groups in total. The number of carbonyl (C=O) groups excluding carboxylic acids is 2. The average Bonchev–Trinajstić information content (AvgIpc) is 3.32. The first-order valence-corrected chi connectivity index (χ1v) is 9.29. The Labute approximate surface area is 159 Å². The number of nitrogens with zero attached hydrogens (tertiary/aromatic N) is 2. The molecule has 0 aliphatic heterocycles. The van der Waals surface area contributed by atoms with Crippen LogP contribution in [-0.2, 0) is 11.3 Å². The van der Waals surface area contributed by atoms with E-state index in [1.165, 1.54) is 11.3 Å². The van der Waals surface area contributed by atoms with Gasteiger partial charge in [0.25, 0.3) is 0 Å². The summed E-state index contributed by atoms with van der Waals surface area (Å²) in [6.45, 7) is 0.144. The maximum Gasteiger partial charge on any atom is 0.246 e. The zero-order chi connectivity index (χ0) is 18.4. The van der Waals surface area contributed by atoms with Gasteiger partial charge in [-0.15, -0.1) is 11.3 Å². The third kappa shape index (κ3) is 5.00. The number of thiophene rings is 1. The van der Waals surface area contributed by atoms with Crippen molar-refractivity contribution in [3.63, 3.8) is 0 Å². The summed E-state index contributed by atoms with van der Waals surface area (Å²) in [5, 5.41) is 9.04. The van der Waals surface area contributed by atoms with Gasteiger partial charge in [0.1, 0.15) is 0 Å². The fraction of sp³-hybridized carbons (Fsp3) is 0.222. The van der Waals surface area contributed by atoms with Crippen LogP contribution in [0.25, 0.3) is 11.4 Å². The number of benzene rings is 1. The van der Waals surface area contributed by atoms with Crippen molar-refractivity contribution in [2.45, 2.75) is 25.8 Å². The minimum Gasteiger partial charge on any atom is -0.347 e. The van der Waals surface area contributed by atoms with Gasteiger partial charge in [-0.1, -0.05) is 35.0 Å². The molecule has 3 rings (SSSR count). The molecule has 0 saturated carbocycles. The monoisotopic (exact) mass is 389 g/mol. The zero-order valence-corrected chi connectivity index (χ0v) is 15.3. The summed E-state index contributed by atoms with van der Waals surface area (Å²) in [5.41, 5.74) is 0.742. The highest BCUT2D eigenvalue weighted by Crippen LogP contribution is 2.19. The number of hydrogen-bond donors (Lipinski definition) is 1. The summed E-state index contributed by atoms with van der Waals surface area (Å²) in [5.74, 6) is 0.628. The minimum absolute atomic E-state index is 0.0656. The van der Waals surface area contributed by atoms with E-state index in [4.69, 9.17) is 16.1 Å². The molecule has 8 heteroatoms. The fourth-order valence-electron chi connectivity index (χ4n) is 2.30. The Balaban J connectivity index is 1.43. The molecule has 3 aromatic rings. The normalized spacial score (nSPS) is 10.7. The topological polar surface area (TPSA) is 85.1 Å². The van der Waals surface area contributed by atoms with Gasteiger partial charge in [-0.05, 0) is 30.0 Å². The standard InChI is InChI=1S/C18H16ClN3O3S/c19-13-5-1-4-12(10-13)18-21-17(25-22-18)11-20-16(24)8-2-6-14(23)15-7-3-9-26-15/h1,3-5,7,9-10H,2,6,8,11H2,(H,20,24). The summed E-state index contributed by atoms with van der Waals surface area (Å²) in [7, 11) is 0. The summed E-state index contributed by atoms with van der Waals surface area (Å²) < 4.78 is 5.13. The van der Waals surface area contributed by atoms with Crippen LogP contribution in [-0.4, -0.2) is 21.8 Å². The first-order valence-electron chi connectivity index (χ1n) is 8.04. The van der Waals surface area contributed by atoms with Crippen LogP contribution in [0.5, 0.6) is 0 Å². The predicted octanol–water partition coefficient (Wildman–Crippen LogP) is 4.12. The van der Waals surface area contributed by atoms with Gasteiger partial charge in [0, 0.05) is 23.4 Å². The Hall–Kier alpha value is -2.51. The summed E-state index contributed by atoms with van der Waals surface area (Å²) >= 11 is 7.35. The lowest BCUT2D eigenvalue weighted by Gasteiger charge is -2.01. The molecule has 1 aromatic carbocycles. The molecule has 26 heavy (non-hydrogen) atoms. The van der Waals surface area contributed by atoms with E-state index in [1.54, 1.807) is 24.3 Å². The van der Waals surface area contributed by atoms with Crippen LogP contribution in [0.4, 0.5) is 0 Å². The highest BCUT2D eigenvalue weighted by Gasteiger charge is 2.11. The molecule has 0 saturated heterocycles. The first-order chi connectivity index (χ1) is 12.6. The molecule has 0 fully saturated rings. The van der Waals surface area contributed by atoms with Gasteiger partial charge in [-0.25, -0.2) is 0 Å². The van der Waals surface area contributed by atoms with Crippen molar-refractivity contribution in [2.24, 2.45) is 0 Å². The van der Waals surface area contributed by atoms with Crippen LogP contribution in [0.15, 0.2) is 46.3 Å². The summed E-state index contributed by atoms with van der Waals surface area (Å²) in [4.78, 5) is 28.7. The third-order valence-corrected chi connectivity index (χ3v) is 4.74.